The van der Waals surface area contributed by atoms with Crippen LogP contribution in [-0.4, -0.2) is 61.5 Å². The summed E-state index contributed by atoms with van der Waals surface area (Å²) in [5, 5.41) is 3.94. The number of carbonyl (C=O) groups excluding carboxylic acids is 1. The van der Waals surface area contributed by atoms with E-state index in [1.165, 1.54) is 17.1 Å². The first kappa shape index (κ1) is 25.4. The van der Waals surface area contributed by atoms with E-state index < -0.39 is 10.0 Å². The van der Waals surface area contributed by atoms with E-state index in [9.17, 15) is 13.2 Å². The van der Waals surface area contributed by atoms with Gasteiger partial charge in [0, 0.05) is 37.7 Å². The maximum Gasteiger partial charge on any atom is 0.248 e. The quantitative estimate of drug-likeness (QED) is 0.560. The second-order valence-electron chi connectivity index (χ2n) is 9.18. The number of amides is 1. The van der Waals surface area contributed by atoms with Crippen molar-refractivity contribution in [3.05, 3.63) is 41.3 Å². The summed E-state index contributed by atoms with van der Waals surface area (Å²) < 4.78 is 39.6. The fourth-order valence-corrected chi connectivity index (χ4v) is 6.61. The highest BCUT2D eigenvalue weighted by molar-refractivity contribution is 7.89. The Bertz CT molecular complexity index is 1140. The molecule has 190 valence electrons. The summed E-state index contributed by atoms with van der Waals surface area (Å²) in [4.78, 5) is 15.1. The Morgan fingerprint density at radius 3 is 2.46 bits per heavy atom. The summed E-state index contributed by atoms with van der Waals surface area (Å²) in [6.07, 6.45) is 8.92. The van der Waals surface area contributed by atoms with Crippen LogP contribution in [0.25, 0.3) is 12.2 Å². The lowest BCUT2D eigenvalue weighted by Gasteiger charge is -2.33. The number of aromatic nitrogens is 1. The monoisotopic (exact) mass is 501 g/mol. The van der Waals surface area contributed by atoms with Gasteiger partial charge in [-0.2, -0.15) is 4.31 Å². The van der Waals surface area contributed by atoms with Crippen molar-refractivity contribution in [2.24, 2.45) is 5.92 Å². The molecule has 1 amide bonds. The largest absolute Gasteiger partial charge is 0.493 e. The number of hydrogen-bond acceptors (Lipinski definition) is 6. The third-order valence-corrected chi connectivity index (χ3v) is 8.84. The number of piperidine rings is 1. The van der Waals surface area contributed by atoms with Crippen LogP contribution < -0.4 is 4.74 Å². The fourth-order valence-electron chi connectivity index (χ4n) is 4.89. The van der Waals surface area contributed by atoms with Gasteiger partial charge in [0.05, 0.1) is 6.61 Å². The molecular formula is C26H35N3O5S. The Hall–Kier alpha value is -2.65. The van der Waals surface area contributed by atoms with E-state index >= 15 is 0 Å². The van der Waals surface area contributed by atoms with E-state index in [1.54, 1.807) is 19.1 Å². The number of hydrogen-bond donors (Lipinski definition) is 0. The predicted molar refractivity (Wildman–Crippen MR) is 134 cm³/mol. The average Bonchev–Trinajstić information content (AvgIpc) is 3.06. The molecule has 8 nitrogen and oxygen atoms in total. The number of likely N-dealkylation sites (tertiary alicyclic amines) is 1. The summed E-state index contributed by atoms with van der Waals surface area (Å²) in [6, 6.07) is 7.54. The molecule has 0 bridgehead atoms. The van der Waals surface area contributed by atoms with Crippen LogP contribution in [0.4, 0.5) is 0 Å². The molecule has 4 rings (SSSR count). The van der Waals surface area contributed by atoms with Gasteiger partial charge in [-0.05, 0) is 57.7 Å². The maximum atomic E-state index is 13.6. The number of rotatable bonds is 7. The number of para-hydroxylation sites is 1. The minimum Gasteiger partial charge on any atom is -0.493 e. The van der Waals surface area contributed by atoms with Gasteiger partial charge in [-0.15, -0.1) is 0 Å². The molecule has 3 heterocycles. The van der Waals surface area contributed by atoms with Gasteiger partial charge in [-0.25, -0.2) is 8.42 Å². The van der Waals surface area contributed by atoms with Crippen molar-refractivity contribution in [3.8, 4) is 5.75 Å². The molecule has 9 heteroatoms. The first-order valence-electron chi connectivity index (χ1n) is 12.6. The zero-order chi connectivity index (χ0) is 24.8. The van der Waals surface area contributed by atoms with Crippen LogP contribution in [0.15, 0.2) is 33.7 Å². The topological polar surface area (TPSA) is 93.0 Å². The number of nitrogens with zero attached hydrogens (tertiary/aromatic N) is 3. The van der Waals surface area contributed by atoms with Crippen LogP contribution in [0.3, 0.4) is 0 Å². The van der Waals surface area contributed by atoms with Crippen LogP contribution >= 0.6 is 0 Å². The Kier molecular flexibility index (Phi) is 8.28. The maximum absolute atomic E-state index is 13.6. The van der Waals surface area contributed by atoms with Crippen LogP contribution in [0.2, 0.25) is 0 Å². The standard InChI is InChI=1S/C26H35N3O5S/c1-3-33-23-11-7-6-10-21(23)12-13-24-25(20(2)27-34-24)35(31,32)29-18-14-22(15-19-29)26(30)28-16-8-4-5-9-17-28/h6-7,10-13,22H,3-5,8-9,14-19H2,1-2H3. The molecular weight excluding hydrogens is 466 g/mol. The first-order chi connectivity index (χ1) is 16.9. The Labute approximate surface area is 208 Å². The lowest BCUT2D eigenvalue weighted by molar-refractivity contribution is -0.136. The number of ether oxygens (including phenoxy) is 1. The highest BCUT2D eigenvalue weighted by Gasteiger charge is 2.37. The predicted octanol–water partition coefficient (Wildman–Crippen LogP) is 4.36. The van der Waals surface area contributed by atoms with Gasteiger partial charge >= 0.3 is 0 Å². The van der Waals surface area contributed by atoms with Crippen LogP contribution in [0.1, 0.15) is 62.5 Å². The van der Waals surface area contributed by atoms with Crippen molar-refractivity contribution in [3.63, 3.8) is 0 Å². The van der Waals surface area contributed by atoms with Crippen molar-refractivity contribution < 1.29 is 22.5 Å². The summed E-state index contributed by atoms with van der Waals surface area (Å²) in [5.74, 6) is 0.971. The summed E-state index contributed by atoms with van der Waals surface area (Å²) in [7, 11) is -3.81. The number of sulfonamides is 1. The van der Waals surface area contributed by atoms with Crippen molar-refractivity contribution in [1.82, 2.24) is 14.4 Å². The van der Waals surface area contributed by atoms with Gasteiger partial charge in [-0.1, -0.05) is 36.2 Å². The van der Waals surface area contributed by atoms with E-state index in [2.05, 4.69) is 5.16 Å². The molecule has 1 aromatic heterocycles. The van der Waals surface area contributed by atoms with Crippen molar-refractivity contribution in [2.45, 2.75) is 57.3 Å². The van der Waals surface area contributed by atoms with Crippen LogP contribution in [-0.2, 0) is 14.8 Å². The Morgan fingerprint density at radius 2 is 1.77 bits per heavy atom. The lowest BCUT2D eigenvalue weighted by Crippen LogP contribution is -2.44. The van der Waals surface area contributed by atoms with E-state index in [-0.39, 0.29) is 22.5 Å². The minimum atomic E-state index is -3.81. The van der Waals surface area contributed by atoms with E-state index in [0.29, 0.717) is 44.0 Å². The lowest BCUT2D eigenvalue weighted by atomic mass is 9.96. The molecule has 2 aromatic rings. The van der Waals surface area contributed by atoms with Crippen molar-refractivity contribution >= 4 is 28.1 Å². The van der Waals surface area contributed by atoms with Crippen LogP contribution in [0.5, 0.6) is 5.75 Å². The fraction of sp³-hybridized carbons (Fsp3) is 0.538. The molecule has 0 radical (unpaired) electrons. The Balaban J connectivity index is 1.47. The van der Waals surface area contributed by atoms with Gasteiger partial charge in [0.1, 0.15) is 11.4 Å². The second-order valence-corrected chi connectivity index (χ2v) is 11.1. The zero-order valence-electron chi connectivity index (χ0n) is 20.6. The molecule has 0 spiro atoms. The molecule has 0 atom stereocenters. The second kappa shape index (κ2) is 11.4. The van der Waals surface area contributed by atoms with Gasteiger partial charge in [-0.3, -0.25) is 4.79 Å². The molecule has 2 aliphatic heterocycles. The van der Waals surface area contributed by atoms with E-state index in [4.69, 9.17) is 9.26 Å². The van der Waals surface area contributed by atoms with Gasteiger partial charge in [0.25, 0.3) is 0 Å². The highest BCUT2D eigenvalue weighted by Crippen LogP contribution is 2.31. The third-order valence-electron chi connectivity index (χ3n) is 6.79. The number of carbonyl (C=O) groups is 1. The molecule has 0 N–H and O–H groups in total. The molecule has 2 aliphatic rings. The first-order valence-corrected chi connectivity index (χ1v) is 14.0. The molecule has 35 heavy (non-hydrogen) atoms. The highest BCUT2D eigenvalue weighted by atomic mass is 32.2. The molecule has 0 aliphatic carbocycles. The van der Waals surface area contributed by atoms with Gasteiger partial charge in [0.2, 0.25) is 15.9 Å². The molecule has 1 aromatic carbocycles. The normalized spacial score (nSPS) is 18.6. The van der Waals surface area contributed by atoms with E-state index in [0.717, 1.165) is 31.5 Å². The van der Waals surface area contributed by atoms with Gasteiger partial charge in [0.15, 0.2) is 10.7 Å². The Morgan fingerprint density at radius 1 is 1.09 bits per heavy atom. The van der Waals surface area contributed by atoms with E-state index in [1.807, 2.05) is 36.1 Å². The summed E-state index contributed by atoms with van der Waals surface area (Å²) in [6.45, 7) is 6.34. The summed E-state index contributed by atoms with van der Waals surface area (Å²) >= 11 is 0. The average molecular weight is 502 g/mol. The number of benzene rings is 1. The van der Waals surface area contributed by atoms with Crippen molar-refractivity contribution in [2.75, 3.05) is 32.8 Å². The molecule has 0 saturated carbocycles. The molecule has 2 saturated heterocycles. The minimum absolute atomic E-state index is 0.0833. The van der Waals surface area contributed by atoms with Gasteiger partial charge < -0.3 is 14.2 Å². The molecule has 2 fully saturated rings. The summed E-state index contributed by atoms with van der Waals surface area (Å²) in [5.41, 5.74) is 1.14. The SMILES string of the molecule is CCOc1ccccc1C=Cc1onc(C)c1S(=O)(=O)N1CCC(C(=O)N2CCCCCC2)CC1. The van der Waals surface area contributed by atoms with Crippen molar-refractivity contribution in [1.29, 1.82) is 0 Å². The zero-order valence-corrected chi connectivity index (χ0v) is 21.4. The third kappa shape index (κ3) is 5.78. The smallest absolute Gasteiger partial charge is 0.248 e. The number of aryl methyl sites for hydroxylation is 1. The molecule has 0 unspecified atom stereocenters. The van der Waals surface area contributed by atoms with Crippen LogP contribution in [0, 0.1) is 12.8 Å².